The van der Waals surface area contributed by atoms with Crippen molar-refractivity contribution in [1.82, 2.24) is 4.57 Å². The van der Waals surface area contributed by atoms with Crippen LogP contribution in [0.4, 0.5) is 0 Å². The summed E-state index contributed by atoms with van der Waals surface area (Å²) in [6.07, 6.45) is 0. The van der Waals surface area contributed by atoms with Gasteiger partial charge in [-0.2, -0.15) is 0 Å². The molecule has 0 aliphatic heterocycles. The second kappa shape index (κ2) is 4.66. The van der Waals surface area contributed by atoms with Gasteiger partial charge < -0.3 is 8.98 Å². The number of para-hydroxylation sites is 2. The molecule has 0 N–H and O–H groups in total. The highest BCUT2D eigenvalue weighted by Crippen LogP contribution is 2.43. The van der Waals surface area contributed by atoms with Crippen LogP contribution in [0.15, 0.2) is 59.0 Å². The number of furan rings is 1. The monoisotopic (exact) mass is 327 g/mol. The molecule has 5 rings (SSSR count). The van der Waals surface area contributed by atoms with Gasteiger partial charge in [0.1, 0.15) is 11.2 Å². The summed E-state index contributed by atoms with van der Waals surface area (Å²) in [4.78, 5) is 0. The fourth-order valence-corrected chi connectivity index (χ4v) is 4.11. The molecule has 0 aliphatic carbocycles. The molecule has 0 saturated heterocycles. The quantitative estimate of drug-likeness (QED) is 0.316. The molecular weight excluding hydrogens is 306 g/mol. The maximum atomic E-state index is 6.36. The molecular formula is C23H21NO. The number of nitrogens with zero attached hydrogens (tertiary/aromatic N) is 1. The van der Waals surface area contributed by atoms with E-state index in [1.54, 1.807) is 0 Å². The molecule has 0 atom stereocenters. The van der Waals surface area contributed by atoms with Crippen LogP contribution in [-0.4, -0.2) is 4.57 Å². The maximum Gasteiger partial charge on any atom is 0.141 e. The van der Waals surface area contributed by atoms with Crippen molar-refractivity contribution in [3.63, 3.8) is 0 Å². The third-order valence-electron chi connectivity index (χ3n) is 5.32. The van der Waals surface area contributed by atoms with Crippen LogP contribution < -0.4 is 0 Å². The SMILES string of the molecule is Cn1c2ccccc2c2cc(C(C)(C)C)c3oc4ccccc4c3c21. The molecule has 0 aliphatic rings. The Balaban J connectivity index is 2.17. The Bertz CT molecular complexity index is 1280. The van der Waals surface area contributed by atoms with Crippen molar-refractivity contribution in [2.24, 2.45) is 7.05 Å². The first-order valence-corrected chi connectivity index (χ1v) is 8.78. The van der Waals surface area contributed by atoms with E-state index < -0.39 is 0 Å². The summed E-state index contributed by atoms with van der Waals surface area (Å²) in [6, 6.07) is 19.4. The molecule has 0 unspecified atom stereocenters. The van der Waals surface area contributed by atoms with Crippen LogP contribution in [0.1, 0.15) is 26.3 Å². The summed E-state index contributed by atoms with van der Waals surface area (Å²) in [7, 11) is 2.16. The van der Waals surface area contributed by atoms with Gasteiger partial charge >= 0.3 is 0 Å². The topological polar surface area (TPSA) is 18.1 Å². The van der Waals surface area contributed by atoms with E-state index in [0.717, 1.165) is 11.2 Å². The summed E-state index contributed by atoms with van der Waals surface area (Å²) in [6.45, 7) is 6.77. The Morgan fingerprint density at radius 2 is 1.52 bits per heavy atom. The molecule has 5 aromatic rings. The third-order valence-corrected chi connectivity index (χ3v) is 5.32. The lowest BCUT2D eigenvalue weighted by molar-refractivity contribution is 0.573. The van der Waals surface area contributed by atoms with Crippen molar-refractivity contribution < 1.29 is 4.42 Å². The molecule has 0 fully saturated rings. The summed E-state index contributed by atoms with van der Waals surface area (Å²) < 4.78 is 8.66. The largest absolute Gasteiger partial charge is 0.456 e. The lowest BCUT2D eigenvalue weighted by atomic mass is 9.84. The van der Waals surface area contributed by atoms with Gasteiger partial charge in [0.2, 0.25) is 0 Å². The van der Waals surface area contributed by atoms with Crippen molar-refractivity contribution in [3.05, 3.63) is 60.2 Å². The third kappa shape index (κ3) is 1.85. The zero-order valence-corrected chi connectivity index (χ0v) is 15.1. The number of hydrogen-bond donors (Lipinski definition) is 0. The maximum absolute atomic E-state index is 6.36. The van der Waals surface area contributed by atoms with Crippen LogP contribution in [0, 0.1) is 0 Å². The summed E-state index contributed by atoms with van der Waals surface area (Å²) in [5.74, 6) is 0. The molecule has 0 radical (unpaired) electrons. The van der Waals surface area contributed by atoms with E-state index in [1.165, 1.54) is 38.1 Å². The average molecular weight is 327 g/mol. The smallest absolute Gasteiger partial charge is 0.141 e. The summed E-state index contributed by atoms with van der Waals surface area (Å²) in [5, 5.41) is 5.04. The Hall–Kier alpha value is -2.74. The van der Waals surface area contributed by atoms with Crippen molar-refractivity contribution in [2.45, 2.75) is 26.2 Å². The van der Waals surface area contributed by atoms with Crippen molar-refractivity contribution in [2.75, 3.05) is 0 Å². The molecule has 3 aromatic carbocycles. The number of aryl methyl sites for hydroxylation is 1. The first-order chi connectivity index (χ1) is 12.0. The lowest BCUT2D eigenvalue weighted by Gasteiger charge is -2.19. The molecule has 25 heavy (non-hydrogen) atoms. The van der Waals surface area contributed by atoms with E-state index >= 15 is 0 Å². The number of aromatic nitrogens is 1. The highest BCUT2D eigenvalue weighted by molar-refractivity contribution is 6.24. The molecule has 0 saturated carbocycles. The van der Waals surface area contributed by atoms with Crippen molar-refractivity contribution in [1.29, 1.82) is 0 Å². The fraction of sp³-hybridized carbons (Fsp3) is 0.217. The van der Waals surface area contributed by atoms with Crippen LogP contribution in [-0.2, 0) is 12.5 Å². The summed E-state index contributed by atoms with van der Waals surface area (Å²) in [5.41, 5.74) is 5.77. The molecule has 2 heteroatoms. The van der Waals surface area contributed by atoms with Gasteiger partial charge in [0.05, 0.1) is 10.9 Å². The number of rotatable bonds is 0. The van der Waals surface area contributed by atoms with Gasteiger partial charge in [0.15, 0.2) is 0 Å². The fourth-order valence-electron chi connectivity index (χ4n) is 4.11. The zero-order valence-electron chi connectivity index (χ0n) is 15.1. The number of hydrogen-bond acceptors (Lipinski definition) is 1. The Labute approximate surface area is 146 Å². The van der Waals surface area contributed by atoms with Crippen molar-refractivity contribution >= 4 is 43.7 Å². The number of benzene rings is 3. The van der Waals surface area contributed by atoms with E-state index in [1.807, 2.05) is 6.07 Å². The van der Waals surface area contributed by atoms with E-state index in [-0.39, 0.29) is 5.41 Å². The highest BCUT2D eigenvalue weighted by Gasteiger charge is 2.25. The van der Waals surface area contributed by atoms with Crippen LogP contribution in [0.2, 0.25) is 0 Å². The van der Waals surface area contributed by atoms with E-state index in [2.05, 4.69) is 80.9 Å². The molecule has 124 valence electrons. The second-order valence-electron chi connectivity index (χ2n) is 7.95. The minimum absolute atomic E-state index is 0.0112. The van der Waals surface area contributed by atoms with E-state index in [4.69, 9.17) is 4.42 Å². The number of fused-ring (bicyclic) bond motifs is 7. The second-order valence-corrected chi connectivity index (χ2v) is 7.95. The van der Waals surface area contributed by atoms with Crippen LogP contribution in [0.25, 0.3) is 43.7 Å². The molecule has 0 spiro atoms. The van der Waals surface area contributed by atoms with Gasteiger partial charge in [0.25, 0.3) is 0 Å². The van der Waals surface area contributed by atoms with Crippen LogP contribution in [0.3, 0.4) is 0 Å². The van der Waals surface area contributed by atoms with Gasteiger partial charge in [-0.15, -0.1) is 0 Å². The first kappa shape index (κ1) is 14.6. The van der Waals surface area contributed by atoms with Gasteiger partial charge in [-0.1, -0.05) is 57.2 Å². The minimum atomic E-state index is 0.0112. The Morgan fingerprint density at radius 1 is 0.840 bits per heavy atom. The molecule has 0 amide bonds. The van der Waals surface area contributed by atoms with Gasteiger partial charge in [-0.3, -0.25) is 0 Å². The Morgan fingerprint density at radius 3 is 2.28 bits per heavy atom. The standard InChI is InChI=1S/C23H21NO/c1-23(2,3)17-13-16-14-9-5-7-11-18(14)24(4)21(16)20-15-10-6-8-12-19(15)25-22(17)20/h5-13H,1-4H3. The molecule has 2 heterocycles. The minimum Gasteiger partial charge on any atom is -0.456 e. The van der Waals surface area contributed by atoms with Crippen LogP contribution in [0.5, 0.6) is 0 Å². The van der Waals surface area contributed by atoms with E-state index in [0.29, 0.717) is 0 Å². The highest BCUT2D eigenvalue weighted by atomic mass is 16.3. The Kier molecular flexibility index (Phi) is 2.72. The van der Waals surface area contributed by atoms with Gasteiger partial charge in [-0.25, -0.2) is 0 Å². The molecule has 2 aromatic heterocycles. The summed E-state index contributed by atoms with van der Waals surface area (Å²) >= 11 is 0. The zero-order chi connectivity index (χ0) is 17.3. The normalized spacial score (nSPS) is 12.8. The average Bonchev–Trinajstić information content (AvgIpc) is 3.10. The molecule has 0 bridgehead atoms. The first-order valence-electron chi connectivity index (χ1n) is 8.78. The predicted molar refractivity (Wildman–Crippen MR) is 106 cm³/mol. The lowest BCUT2D eigenvalue weighted by Crippen LogP contribution is -2.11. The van der Waals surface area contributed by atoms with Crippen molar-refractivity contribution in [3.8, 4) is 0 Å². The van der Waals surface area contributed by atoms with Gasteiger partial charge in [0, 0.05) is 34.3 Å². The van der Waals surface area contributed by atoms with Crippen LogP contribution >= 0.6 is 0 Å². The van der Waals surface area contributed by atoms with E-state index in [9.17, 15) is 0 Å². The molecule has 2 nitrogen and oxygen atoms in total. The van der Waals surface area contributed by atoms with Gasteiger partial charge in [-0.05, 0) is 23.6 Å². The predicted octanol–water partition coefficient (Wildman–Crippen LogP) is 6.53.